The van der Waals surface area contributed by atoms with Crippen molar-refractivity contribution in [3.63, 3.8) is 0 Å². The summed E-state index contributed by atoms with van der Waals surface area (Å²) in [6, 6.07) is 2.61. The molecule has 0 aromatic carbocycles. The molecule has 0 spiro atoms. The predicted molar refractivity (Wildman–Crippen MR) is 75.8 cm³/mol. The summed E-state index contributed by atoms with van der Waals surface area (Å²) in [4.78, 5) is 22.1. The third-order valence-electron chi connectivity index (χ3n) is 2.91. The minimum absolute atomic E-state index is 0.162. The maximum Gasteiger partial charge on any atom is 0.451 e. The molecular formula is C14H14F3N5O. The van der Waals surface area contributed by atoms with Crippen molar-refractivity contribution in [2.45, 2.75) is 25.7 Å². The second-order valence-electron chi connectivity index (χ2n) is 4.84. The zero-order chi connectivity index (χ0) is 17.0. The lowest BCUT2D eigenvalue weighted by molar-refractivity contribution is -0.145. The van der Waals surface area contributed by atoms with Gasteiger partial charge in [-0.15, -0.1) is 0 Å². The Kier molecular flexibility index (Phi) is 4.89. The summed E-state index contributed by atoms with van der Waals surface area (Å²) in [6.45, 7) is 1.72. The first-order valence-electron chi connectivity index (χ1n) is 6.65. The zero-order valence-corrected chi connectivity index (χ0v) is 12.1. The van der Waals surface area contributed by atoms with Gasteiger partial charge in [0, 0.05) is 24.2 Å². The molecular weight excluding hydrogens is 311 g/mol. The maximum atomic E-state index is 12.4. The first kappa shape index (κ1) is 16.8. The molecule has 2 aromatic rings. The highest BCUT2D eigenvalue weighted by molar-refractivity contribution is 5.80. The lowest BCUT2D eigenvalue weighted by atomic mass is 10.1. The van der Waals surface area contributed by atoms with E-state index in [1.807, 2.05) is 0 Å². The molecule has 1 amide bonds. The van der Waals surface area contributed by atoms with Gasteiger partial charge in [0.15, 0.2) is 0 Å². The van der Waals surface area contributed by atoms with E-state index in [0.717, 1.165) is 12.4 Å². The molecule has 9 heteroatoms. The van der Waals surface area contributed by atoms with Crippen molar-refractivity contribution in [2.75, 3.05) is 0 Å². The normalized spacial score (nSPS) is 12.7. The van der Waals surface area contributed by atoms with Crippen molar-refractivity contribution in [3.05, 3.63) is 42.2 Å². The van der Waals surface area contributed by atoms with Gasteiger partial charge in [0.05, 0.1) is 18.3 Å². The number of pyridine rings is 1. The van der Waals surface area contributed by atoms with Crippen LogP contribution in [0.15, 0.2) is 30.7 Å². The number of carbonyl (C=O) groups is 1. The van der Waals surface area contributed by atoms with Gasteiger partial charge < -0.3 is 11.1 Å². The van der Waals surface area contributed by atoms with Crippen molar-refractivity contribution in [2.24, 2.45) is 5.73 Å². The molecule has 0 aliphatic rings. The number of hydrogen-bond donors (Lipinski definition) is 2. The second-order valence-corrected chi connectivity index (χ2v) is 4.84. The zero-order valence-electron chi connectivity index (χ0n) is 12.1. The van der Waals surface area contributed by atoms with Crippen molar-refractivity contribution in [3.8, 4) is 11.1 Å². The van der Waals surface area contributed by atoms with Crippen LogP contribution in [0.1, 0.15) is 18.4 Å². The number of alkyl halides is 3. The van der Waals surface area contributed by atoms with Crippen molar-refractivity contribution < 1.29 is 18.0 Å². The number of nitrogens with zero attached hydrogens (tertiary/aromatic N) is 3. The van der Waals surface area contributed by atoms with Gasteiger partial charge in [-0.25, -0.2) is 9.97 Å². The summed E-state index contributed by atoms with van der Waals surface area (Å²) < 4.78 is 37.3. The Hall–Kier alpha value is -2.55. The Labute approximate surface area is 130 Å². The van der Waals surface area contributed by atoms with Gasteiger partial charge in [0.25, 0.3) is 0 Å². The standard InChI is InChI=1S/C14H14F3N5O/c1-8(18)12(23)20-7-11-4-9(2-3-19-11)10-5-21-13(22-6-10)14(15,16)17/h2-6,8H,7,18H2,1H3,(H,20,23). The Morgan fingerprint density at radius 3 is 2.48 bits per heavy atom. The van der Waals surface area contributed by atoms with E-state index in [9.17, 15) is 18.0 Å². The SMILES string of the molecule is CC(N)C(=O)NCc1cc(-c2cnc(C(F)(F)F)nc2)ccn1. The van der Waals surface area contributed by atoms with Gasteiger partial charge in [0.1, 0.15) is 0 Å². The van der Waals surface area contributed by atoms with Gasteiger partial charge in [-0.05, 0) is 24.6 Å². The lowest BCUT2D eigenvalue weighted by Crippen LogP contribution is -2.37. The summed E-state index contributed by atoms with van der Waals surface area (Å²) in [5.74, 6) is -1.52. The second kappa shape index (κ2) is 6.69. The van der Waals surface area contributed by atoms with Crippen molar-refractivity contribution >= 4 is 5.91 Å². The van der Waals surface area contributed by atoms with E-state index in [1.165, 1.54) is 6.20 Å². The molecule has 23 heavy (non-hydrogen) atoms. The van der Waals surface area contributed by atoms with Gasteiger partial charge in [0.2, 0.25) is 11.7 Å². The molecule has 2 rings (SSSR count). The van der Waals surface area contributed by atoms with Crippen LogP contribution in [-0.2, 0) is 17.5 Å². The van der Waals surface area contributed by atoms with Crippen LogP contribution in [0.2, 0.25) is 0 Å². The van der Waals surface area contributed by atoms with E-state index in [4.69, 9.17) is 5.73 Å². The van der Waals surface area contributed by atoms with E-state index in [2.05, 4.69) is 20.3 Å². The molecule has 2 heterocycles. The fourth-order valence-corrected chi connectivity index (χ4v) is 1.72. The molecule has 0 radical (unpaired) electrons. The predicted octanol–water partition coefficient (Wildman–Crippen LogP) is 1.52. The summed E-state index contributed by atoms with van der Waals surface area (Å²) in [7, 11) is 0. The maximum absolute atomic E-state index is 12.4. The highest BCUT2D eigenvalue weighted by Gasteiger charge is 2.34. The minimum atomic E-state index is -4.58. The van der Waals surface area contributed by atoms with Crippen LogP contribution in [0.25, 0.3) is 11.1 Å². The Morgan fingerprint density at radius 2 is 1.91 bits per heavy atom. The number of rotatable bonds is 4. The first-order chi connectivity index (χ1) is 10.8. The van der Waals surface area contributed by atoms with Crippen LogP contribution in [0, 0.1) is 0 Å². The summed E-state index contributed by atoms with van der Waals surface area (Å²) in [5, 5.41) is 2.60. The molecule has 6 nitrogen and oxygen atoms in total. The van der Waals surface area contributed by atoms with E-state index in [-0.39, 0.29) is 12.5 Å². The molecule has 3 N–H and O–H groups in total. The third-order valence-corrected chi connectivity index (χ3v) is 2.91. The van der Waals surface area contributed by atoms with Crippen LogP contribution in [0.4, 0.5) is 13.2 Å². The quantitative estimate of drug-likeness (QED) is 0.889. The highest BCUT2D eigenvalue weighted by Crippen LogP contribution is 2.27. The fraction of sp³-hybridized carbons (Fsp3) is 0.286. The topological polar surface area (TPSA) is 93.8 Å². The number of carbonyl (C=O) groups excluding carboxylic acids is 1. The van der Waals surface area contributed by atoms with E-state index >= 15 is 0 Å². The Morgan fingerprint density at radius 1 is 1.26 bits per heavy atom. The van der Waals surface area contributed by atoms with Gasteiger partial charge >= 0.3 is 6.18 Å². The summed E-state index contributed by atoms with van der Waals surface area (Å²) in [5.41, 5.74) is 6.98. The molecule has 0 aliphatic heterocycles. The Bertz CT molecular complexity index is 686. The molecule has 0 saturated carbocycles. The van der Waals surface area contributed by atoms with Crippen molar-refractivity contribution in [1.82, 2.24) is 20.3 Å². The van der Waals surface area contributed by atoms with E-state index < -0.39 is 18.0 Å². The molecule has 2 aromatic heterocycles. The highest BCUT2D eigenvalue weighted by atomic mass is 19.4. The lowest BCUT2D eigenvalue weighted by Gasteiger charge is -2.09. The Balaban J connectivity index is 2.15. The summed E-state index contributed by atoms with van der Waals surface area (Å²) >= 11 is 0. The van der Waals surface area contributed by atoms with Crippen LogP contribution in [0.5, 0.6) is 0 Å². The molecule has 1 atom stereocenters. The molecule has 0 aliphatic carbocycles. The largest absolute Gasteiger partial charge is 0.451 e. The summed E-state index contributed by atoms with van der Waals surface area (Å²) in [6.07, 6.45) is -0.906. The molecule has 1 unspecified atom stereocenters. The minimum Gasteiger partial charge on any atom is -0.349 e. The number of halogens is 3. The van der Waals surface area contributed by atoms with Gasteiger partial charge in [-0.1, -0.05) is 0 Å². The fourth-order valence-electron chi connectivity index (χ4n) is 1.72. The first-order valence-corrected chi connectivity index (χ1v) is 6.65. The van der Waals surface area contributed by atoms with Crippen LogP contribution < -0.4 is 11.1 Å². The third kappa shape index (κ3) is 4.46. The molecule has 0 bridgehead atoms. The average molecular weight is 325 g/mol. The van der Waals surface area contributed by atoms with Gasteiger partial charge in [-0.2, -0.15) is 13.2 Å². The monoisotopic (exact) mass is 325 g/mol. The average Bonchev–Trinajstić information content (AvgIpc) is 2.52. The number of aromatic nitrogens is 3. The molecule has 122 valence electrons. The number of amides is 1. The number of nitrogens with one attached hydrogen (secondary N) is 1. The van der Waals surface area contributed by atoms with Crippen LogP contribution in [0.3, 0.4) is 0 Å². The smallest absolute Gasteiger partial charge is 0.349 e. The molecule has 0 saturated heterocycles. The van der Waals surface area contributed by atoms with Crippen molar-refractivity contribution in [1.29, 1.82) is 0 Å². The van der Waals surface area contributed by atoms with E-state index in [1.54, 1.807) is 19.1 Å². The van der Waals surface area contributed by atoms with E-state index in [0.29, 0.717) is 16.8 Å². The van der Waals surface area contributed by atoms with Crippen LogP contribution >= 0.6 is 0 Å². The number of nitrogens with two attached hydrogens (primary N) is 1. The molecule has 0 fully saturated rings. The van der Waals surface area contributed by atoms with Gasteiger partial charge in [-0.3, -0.25) is 9.78 Å². The number of hydrogen-bond acceptors (Lipinski definition) is 5. The van der Waals surface area contributed by atoms with Crippen LogP contribution in [-0.4, -0.2) is 26.9 Å².